The van der Waals surface area contributed by atoms with Crippen LogP contribution in [0.1, 0.15) is 23.6 Å². The molecule has 0 saturated carbocycles. The van der Waals surface area contributed by atoms with Gasteiger partial charge >= 0.3 is 0 Å². The third-order valence-corrected chi connectivity index (χ3v) is 4.48. The lowest BCUT2D eigenvalue weighted by molar-refractivity contribution is 0.414. The Balaban J connectivity index is 1.61. The standard InChI is InChI=1S/C20H18N2O2/c1-24-15-9-6-14(7-10-15)18-12-19(22-21-18)17-11-8-13-4-2-3-5-16(13)20(17)23/h2-11,18,21,23H,12H2,1H3. The first-order valence-electron chi connectivity index (χ1n) is 7.93. The summed E-state index contributed by atoms with van der Waals surface area (Å²) in [5.41, 5.74) is 5.98. The summed E-state index contributed by atoms with van der Waals surface area (Å²) in [5.74, 6) is 1.13. The van der Waals surface area contributed by atoms with Crippen molar-refractivity contribution in [3.05, 3.63) is 71.8 Å². The number of phenolic OH excluding ortho intramolecular Hbond substituents is 1. The van der Waals surface area contributed by atoms with Gasteiger partial charge < -0.3 is 15.3 Å². The van der Waals surface area contributed by atoms with E-state index in [1.54, 1.807) is 7.11 Å². The summed E-state index contributed by atoms with van der Waals surface area (Å²) in [5, 5.41) is 16.9. The maximum absolute atomic E-state index is 10.6. The zero-order chi connectivity index (χ0) is 16.5. The van der Waals surface area contributed by atoms with E-state index in [4.69, 9.17) is 4.74 Å². The molecule has 0 fully saturated rings. The monoisotopic (exact) mass is 318 g/mol. The molecule has 3 aromatic carbocycles. The fourth-order valence-electron chi connectivity index (χ4n) is 3.13. The lowest BCUT2D eigenvalue weighted by Gasteiger charge is -2.11. The molecular weight excluding hydrogens is 300 g/mol. The van der Waals surface area contributed by atoms with Gasteiger partial charge in [0.2, 0.25) is 0 Å². The van der Waals surface area contributed by atoms with Gasteiger partial charge in [-0.3, -0.25) is 0 Å². The van der Waals surface area contributed by atoms with Crippen LogP contribution in [0.25, 0.3) is 10.8 Å². The average Bonchev–Trinajstić information content (AvgIpc) is 3.12. The zero-order valence-corrected chi connectivity index (χ0v) is 13.4. The minimum Gasteiger partial charge on any atom is -0.507 e. The van der Waals surface area contributed by atoms with Crippen LogP contribution in [-0.2, 0) is 0 Å². The predicted octanol–water partition coefficient (Wildman–Crippen LogP) is 3.99. The molecule has 120 valence electrons. The average molecular weight is 318 g/mol. The number of hydrogen-bond acceptors (Lipinski definition) is 4. The van der Waals surface area contributed by atoms with Crippen LogP contribution in [0.5, 0.6) is 11.5 Å². The second-order valence-corrected chi connectivity index (χ2v) is 5.90. The fraction of sp³-hybridized carbons (Fsp3) is 0.150. The molecular formula is C20H18N2O2. The number of methoxy groups -OCH3 is 1. The van der Waals surface area contributed by atoms with E-state index in [0.29, 0.717) is 5.75 Å². The van der Waals surface area contributed by atoms with Crippen LogP contribution in [0.2, 0.25) is 0 Å². The number of hydrogen-bond donors (Lipinski definition) is 2. The van der Waals surface area contributed by atoms with Gasteiger partial charge in [0.15, 0.2) is 0 Å². The first-order chi connectivity index (χ1) is 11.8. The number of phenols is 1. The minimum absolute atomic E-state index is 0.108. The quantitative estimate of drug-likeness (QED) is 0.767. The molecule has 0 bridgehead atoms. The number of nitrogens with one attached hydrogen (secondary N) is 1. The van der Waals surface area contributed by atoms with Gasteiger partial charge in [0.05, 0.1) is 18.9 Å². The summed E-state index contributed by atoms with van der Waals surface area (Å²) in [7, 11) is 1.66. The fourth-order valence-corrected chi connectivity index (χ4v) is 3.13. The van der Waals surface area contributed by atoms with Crippen LogP contribution in [0.4, 0.5) is 0 Å². The molecule has 4 heteroatoms. The Bertz CT molecular complexity index is 917. The largest absolute Gasteiger partial charge is 0.507 e. The molecule has 2 N–H and O–H groups in total. The Morgan fingerprint density at radius 2 is 1.83 bits per heavy atom. The first kappa shape index (κ1) is 14.6. The van der Waals surface area contributed by atoms with Crippen LogP contribution in [0.3, 0.4) is 0 Å². The van der Waals surface area contributed by atoms with Gasteiger partial charge in [-0.25, -0.2) is 0 Å². The van der Waals surface area contributed by atoms with Gasteiger partial charge in [-0.05, 0) is 29.1 Å². The van der Waals surface area contributed by atoms with E-state index in [0.717, 1.165) is 39.8 Å². The third-order valence-electron chi connectivity index (χ3n) is 4.48. The van der Waals surface area contributed by atoms with E-state index >= 15 is 0 Å². The number of nitrogens with zero attached hydrogens (tertiary/aromatic N) is 1. The summed E-state index contributed by atoms with van der Waals surface area (Å²) >= 11 is 0. The van der Waals surface area contributed by atoms with Crippen molar-refractivity contribution in [3.8, 4) is 11.5 Å². The van der Waals surface area contributed by atoms with E-state index in [-0.39, 0.29) is 6.04 Å². The highest BCUT2D eigenvalue weighted by Gasteiger charge is 2.23. The smallest absolute Gasteiger partial charge is 0.132 e. The maximum atomic E-state index is 10.6. The van der Waals surface area contributed by atoms with Gasteiger partial charge in [-0.15, -0.1) is 0 Å². The number of rotatable bonds is 3. The molecule has 0 radical (unpaired) electrons. The van der Waals surface area contributed by atoms with Gasteiger partial charge in [-0.1, -0.05) is 42.5 Å². The summed E-state index contributed by atoms with van der Waals surface area (Å²) in [4.78, 5) is 0. The Morgan fingerprint density at radius 3 is 2.62 bits per heavy atom. The number of benzene rings is 3. The van der Waals surface area contributed by atoms with Gasteiger partial charge in [-0.2, -0.15) is 5.10 Å². The third kappa shape index (κ3) is 2.46. The molecule has 1 unspecified atom stereocenters. The van der Waals surface area contributed by atoms with Crippen molar-refractivity contribution >= 4 is 16.5 Å². The highest BCUT2D eigenvalue weighted by molar-refractivity contribution is 6.08. The van der Waals surface area contributed by atoms with Crippen LogP contribution in [0, 0.1) is 0 Å². The molecule has 4 rings (SSSR count). The summed E-state index contributed by atoms with van der Waals surface area (Å²) < 4.78 is 5.20. The van der Waals surface area contributed by atoms with E-state index < -0.39 is 0 Å². The Hall–Kier alpha value is -3.01. The highest BCUT2D eigenvalue weighted by atomic mass is 16.5. The van der Waals surface area contributed by atoms with Crippen molar-refractivity contribution < 1.29 is 9.84 Å². The first-order valence-corrected chi connectivity index (χ1v) is 7.93. The van der Waals surface area contributed by atoms with Crippen molar-refractivity contribution in [2.24, 2.45) is 5.10 Å². The number of hydrazone groups is 1. The minimum atomic E-state index is 0.108. The van der Waals surface area contributed by atoms with E-state index in [1.165, 1.54) is 0 Å². The molecule has 1 aliphatic heterocycles. The molecule has 0 aromatic heterocycles. The van der Waals surface area contributed by atoms with E-state index in [1.807, 2.05) is 60.7 Å². The van der Waals surface area contributed by atoms with Crippen molar-refractivity contribution in [1.29, 1.82) is 0 Å². The van der Waals surface area contributed by atoms with Crippen LogP contribution in [-0.4, -0.2) is 17.9 Å². The van der Waals surface area contributed by atoms with Crippen LogP contribution >= 0.6 is 0 Å². The van der Waals surface area contributed by atoms with Crippen molar-refractivity contribution in [2.45, 2.75) is 12.5 Å². The molecule has 0 saturated heterocycles. The topological polar surface area (TPSA) is 53.9 Å². The molecule has 3 aromatic rings. The second kappa shape index (κ2) is 5.89. The molecule has 1 heterocycles. The Labute approximate surface area is 140 Å². The molecule has 0 aliphatic carbocycles. The summed E-state index contributed by atoms with van der Waals surface area (Å²) in [6.45, 7) is 0. The molecule has 1 atom stereocenters. The predicted molar refractivity (Wildman–Crippen MR) is 95.6 cm³/mol. The molecule has 0 spiro atoms. The number of aromatic hydroxyl groups is 1. The molecule has 1 aliphatic rings. The zero-order valence-electron chi connectivity index (χ0n) is 13.4. The lowest BCUT2D eigenvalue weighted by atomic mass is 9.96. The normalized spacial score (nSPS) is 16.7. The molecule has 0 amide bonds. The van der Waals surface area contributed by atoms with Crippen molar-refractivity contribution in [1.82, 2.24) is 5.43 Å². The van der Waals surface area contributed by atoms with E-state index in [9.17, 15) is 5.11 Å². The maximum Gasteiger partial charge on any atom is 0.132 e. The number of fused-ring (bicyclic) bond motifs is 1. The van der Waals surface area contributed by atoms with Crippen LogP contribution < -0.4 is 10.2 Å². The second-order valence-electron chi connectivity index (χ2n) is 5.90. The van der Waals surface area contributed by atoms with Crippen molar-refractivity contribution in [3.63, 3.8) is 0 Å². The number of ether oxygens (including phenoxy) is 1. The lowest BCUT2D eigenvalue weighted by Crippen LogP contribution is -2.09. The SMILES string of the molecule is COc1ccc(C2CC(c3ccc4ccccc4c3O)=NN2)cc1. The molecule has 4 nitrogen and oxygen atoms in total. The van der Waals surface area contributed by atoms with E-state index in [2.05, 4.69) is 10.5 Å². The summed E-state index contributed by atoms with van der Waals surface area (Å²) in [6, 6.07) is 19.9. The van der Waals surface area contributed by atoms with Gasteiger partial charge in [0, 0.05) is 17.4 Å². The van der Waals surface area contributed by atoms with Crippen molar-refractivity contribution in [2.75, 3.05) is 7.11 Å². The van der Waals surface area contributed by atoms with Crippen LogP contribution in [0.15, 0.2) is 65.8 Å². The van der Waals surface area contributed by atoms with Gasteiger partial charge in [0.1, 0.15) is 11.5 Å². The summed E-state index contributed by atoms with van der Waals surface area (Å²) in [6.07, 6.45) is 0.734. The Kier molecular flexibility index (Phi) is 3.58. The van der Waals surface area contributed by atoms with Gasteiger partial charge in [0.25, 0.3) is 0 Å². The Morgan fingerprint density at radius 1 is 1.04 bits per heavy atom. The molecule has 24 heavy (non-hydrogen) atoms. The highest BCUT2D eigenvalue weighted by Crippen LogP contribution is 2.33.